The average molecular weight is 200 g/mol. The molecule has 76 valence electrons. The Labute approximate surface area is 88.4 Å². The summed E-state index contributed by atoms with van der Waals surface area (Å²) in [4.78, 5) is 8.50. The molecule has 1 heterocycles. The van der Waals surface area contributed by atoms with Crippen LogP contribution in [-0.4, -0.2) is 18.0 Å². The standard InChI is InChI=1S/C12H12N2O/c1-2-15-9-14-11-7-3-5-10-6-4-8-13-12(10)11/h3-9H,2H2,1H3. The Balaban J connectivity index is 2.42. The maximum atomic E-state index is 5.07. The van der Waals surface area contributed by atoms with Gasteiger partial charge < -0.3 is 4.74 Å². The monoisotopic (exact) mass is 200 g/mol. The zero-order valence-electron chi connectivity index (χ0n) is 8.55. The van der Waals surface area contributed by atoms with E-state index in [9.17, 15) is 0 Å². The first-order chi connectivity index (χ1) is 7.42. The highest BCUT2D eigenvalue weighted by atomic mass is 16.5. The summed E-state index contributed by atoms with van der Waals surface area (Å²) >= 11 is 0. The molecule has 1 aromatic heterocycles. The number of para-hydroxylation sites is 1. The molecule has 1 aromatic carbocycles. The fourth-order valence-electron chi connectivity index (χ4n) is 1.36. The van der Waals surface area contributed by atoms with E-state index in [-0.39, 0.29) is 0 Å². The largest absolute Gasteiger partial charge is 0.483 e. The van der Waals surface area contributed by atoms with Crippen molar-refractivity contribution in [1.82, 2.24) is 4.98 Å². The van der Waals surface area contributed by atoms with E-state index in [0.29, 0.717) is 6.61 Å². The molecule has 3 nitrogen and oxygen atoms in total. The van der Waals surface area contributed by atoms with Gasteiger partial charge in [0, 0.05) is 11.6 Å². The summed E-state index contributed by atoms with van der Waals surface area (Å²) < 4.78 is 5.07. The van der Waals surface area contributed by atoms with Crippen LogP contribution in [0.3, 0.4) is 0 Å². The van der Waals surface area contributed by atoms with E-state index < -0.39 is 0 Å². The summed E-state index contributed by atoms with van der Waals surface area (Å²) in [6.45, 7) is 2.55. The third-order valence-corrected chi connectivity index (χ3v) is 2.04. The number of aliphatic imine (C=N–C) groups is 1. The Morgan fingerprint density at radius 2 is 2.20 bits per heavy atom. The van der Waals surface area contributed by atoms with Gasteiger partial charge in [-0.25, -0.2) is 4.99 Å². The van der Waals surface area contributed by atoms with E-state index in [1.807, 2.05) is 37.3 Å². The van der Waals surface area contributed by atoms with Crippen LogP contribution in [0.2, 0.25) is 0 Å². The Bertz CT molecular complexity index is 475. The second kappa shape index (κ2) is 4.55. The second-order valence-corrected chi connectivity index (χ2v) is 3.04. The number of ether oxygens (including phenoxy) is 1. The molecule has 0 radical (unpaired) electrons. The lowest BCUT2D eigenvalue weighted by molar-refractivity contribution is 0.344. The zero-order valence-corrected chi connectivity index (χ0v) is 8.55. The van der Waals surface area contributed by atoms with Gasteiger partial charge in [-0.3, -0.25) is 4.98 Å². The number of benzene rings is 1. The number of hydrogen-bond acceptors (Lipinski definition) is 3. The second-order valence-electron chi connectivity index (χ2n) is 3.04. The molecule has 0 aliphatic heterocycles. The maximum Gasteiger partial charge on any atom is 0.174 e. The van der Waals surface area contributed by atoms with Gasteiger partial charge in [0.15, 0.2) is 6.40 Å². The lowest BCUT2D eigenvalue weighted by Crippen LogP contribution is -1.84. The molecule has 0 unspecified atom stereocenters. The summed E-state index contributed by atoms with van der Waals surface area (Å²) in [6.07, 6.45) is 3.23. The molecular formula is C12H12N2O. The summed E-state index contributed by atoms with van der Waals surface area (Å²) in [5.74, 6) is 0. The molecule has 0 bridgehead atoms. The Morgan fingerprint density at radius 3 is 3.07 bits per heavy atom. The van der Waals surface area contributed by atoms with Crippen molar-refractivity contribution in [2.75, 3.05) is 6.61 Å². The van der Waals surface area contributed by atoms with E-state index in [2.05, 4.69) is 9.98 Å². The van der Waals surface area contributed by atoms with Crippen molar-refractivity contribution < 1.29 is 4.74 Å². The van der Waals surface area contributed by atoms with Crippen LogP contribution >= 0.6 is 0 Å². The minimum atomic E-state index is 0.627. The summed E-state index contributed by atoms with van der Waals surface area (Å²) in [7, 11) is 0. The molecule has 2 aromatic rings. The minimum Gasteiger partial charge on any atom is -0.483 e. The van der Waals surface area contributed by atoms with E-state index in [1.54, 1.807) is 6.20 Å². The molecule has 15 heavy (non-hydrogen) atoms. The van der Waals surface area contributed by atoms with Crippen molar-refractivity contribution in [3.05, 3.63) is 36.5 Å². The molecular weight excluding hydrogens is 188 g/mol. The first kappa shape index (κ1) is 9.65. The molecule has 3 heteroatoms. The van der Waals surface area contributed by atoms with Gasteiger partial charge in [0.2, 0.25) is 0 Å². The molecule has 0 aliphatic carbocycles. The van der Waals surface area contributed by atoms with Crippen LogP contribution in [-0.2, 0) is 4.74 Å². The van der Waals surface area contributed by atoms with Gasteiger partial charge in [-0.1, -0.05) is 18.2 Å². The van der Waals surface area contributed by atoms with Gasteiger partial charge in [0.1, 0.15) is 0 Å². The summed E-state index contributed by atoms with van der Waals surface area (Å²) in [5, 5.41) is 1.09. The fraction of sp³-hybridized carbons (Fsp3) is 0.167. The number of fused-ring (bicyclic) bond motifs is 1. The number of nitrogens with zero attached hydrogens (tertiary/aromatic N) is 2. The van der Waals surface area contributed by atoms with E-state index in [1.165, 1.54) is 6.40 Å². The Hall–Kier alpha value is -1.90. The quantitative estimate of drug-likeness (QED) is 0.564. The van der Waals surface area contributed by atoms with Crippen LogP contribution in [0, 0.1) is 0 Å². The van der Waals surface area contributed by atoms with Gasteiger partial charge in [-0.05, 0) is 19.1 Å². The van der Waals surface area contributed by atoms with Crippen LogP contribution in [0.25, 0.3) is 10.9 Å². The van der Waals surface area contributed by atoms with Gasteiger partial charge in [-0.2, -0.15) is 0 Å². The lowest BCUT2D eigenvalue weighted by Gasteiger charge is -1.99. The predicted molar refractivity (Wildman–Crippen MR) is 61.5 cm³/mol. The van der Waals surface area contributed by atoms with Crippen LogP contribution < -0.4 is 0 Å². The van der Waals surface area contributed by atoms with E-state index in [4.69, 9.17) is 4.74 Å². The number of rotatable bonds is 3. The van der Waals surface area contributed by atoms with Crippen molar-refractivity contribution in [3.63, 3.8) is 0 Å². The molecule has 2 rings (SSSR count). The molecule has 0 spiro atoms. The summed E-state index contributed by atoms with van der Waals surface area (Å²) in [5.41, 5.74) is 1.73. The highest BCUT2D eigenvalue weighted by Gasteiger charge is 1.98. The molecule has 0 fully saturated rings. The molecule has 0 saturated heterocycles. The fourth-order valence-corrected chi connectivity index (χ4v) is 1.36. The van der Waals surface area contributed by atoms with Gasteiger partial charge in [0.05, 0.1) is 17.8 Å². The third kappa shape index (κ3) is 2.13. The molecule has 0 amide bonds. The summed E-state index contributed by atoms with van der Waals surface area (Å²) in [6, 6.07) is 9.83. The normalized spacial score (nSPS) is 11.0. The zero-order chi connectivity index (χ0) is 10.5. The van der Waals surface area contributed by atoms with Crippen LogP contribution in [0.4, 0.5) is 5.69 Å². The van der Waals surface area contributed by atoms with Crippen molar-refractivity contribution in [3.8, 4) is 0 Å². The van der Waals surface area contributed by atoms with Crippen LogP contribution in [0.15, 0.2) is 41.5 Å². The topological polar surface area (TPSA) is 34.5 Å². The molecule has 0 N–H and O–H groups in total. The van der Waals surface area contributed by atoms with Crippen molar-refractivity contribution in [1.29, 1.82) is 0 Å². The van der Waals surface area contributed by atoms with Gasteiger partial charge in [0.25, 0.3) is 0 Å². The van der Waals surface area contributed by atoms with Crippen molar-refractivity contribution >= 4 is 23.0 Å². The van der Waals surface area contributed by atoms with Gasteiger partial charge >= 0.3 is 0 Å². The predicted octanol–water partition coefficient (Wildman–Crippen LogP) is 2.93. The van der Waals surface area contributed by atoms with Crippen LogP contribution in [0.1, 0.15) is 6.92 Å². The third-order valence-electron chi connectivity index (χ3n) is 2.04. The molecule has 0 atom stereocenters. The Kier molecular flexibility index (Phi) is 2.93. The van der Waals surface area contributed by atoms with E-state index >= 15 is 0 Å². The van der Waals surface area contributed by atoms with Gasteiger partial charge in [-0.15, -0.1) is 0 Å². The maximum absolute atomic E-state index is 5.07. The van der Waals surface area contributed by atoms with Crippen LogP contribution in [0.5, 0.6) is 0 Å². The lowest BCUT2D eigenvalue weighted by atomic mass is 10.2. The van der Waals surface area contributed by atoms with Crippen molar-refractivity contribution in [2.24, 2.45) is 4.99 Å². The average Bonchev–Trinajstić information content (AvgIpc) is 2.30. The Morgan fingerprint density at radius 1 is 1.33 bits per heavy atom. The first-order valence-corrected chi connectivity index (χ1v) is 4.89. The molecule has 0 aliphatic rings. The number of hydrogen-bond donors (Lipinski definition) is 0. The smallest absolute Gasteiger partial charge is 0.174 e. The van der Waals surface area contributed by atoms with E-state index in [0.717, 1.165) is 16.6 Å². The first-order valence-electron chi connectivity index (χ1n) is 4.89. The molecule has 0 saturated carbocycles. The highest BCUT2D eigenvalue weighted by Crippen LogP contribution is 2.22. The van der Waals surface area contributed by atoms with Crippen molar-refractivity contribution in [2.45, 2.75) is 6.92 Å². The number of aromatic nitrogens is 1. The number of pyridine rings is 1. The highest BCUT2D eigenvalue weighted by molar-refractivity contribution is 5.89. The SMILES string of the molecule is CCOC=Nc1cccc2cccnc12. The minimum absolute atomic E-state index is 0.627.